The van der Waals surface area contributed by atoms with Crippen molar-refractivity contribution in [2.75, 3.05) is 6.61 Å². The van der Waals surface area contributed by atoms with Gasteiger partial charge < -0.3 is 15.6 Å². The summed E-state index contributed by atoms with van der Waals surface area (Å²) >= 11 is 0. The molecule has 0 amide bonds. The van der Waals surface area contributed by atoms with Crippen molar-refractivity contribution in [3.63, 3.8) is 0 Å². The Labute approximate surface area is 114 Å². The second kappa shape index (κ2) is 6.17. The van der Waals surface area contributed by atoms with Crippen LogP contribution in [0, 0.1) is 0 Å². The van der Waals surface area contributed by atoms with E-state index in [4.69, 9.17) is 15.6 Å². The van der Waals surface area contributed by atoms with E-state index >= 15 is 0 Å². The first-order chi connectivity index (χ1) is 8.74. The molecule has 0 aliphatic heterocycles. The molecule has 19 heavy (non-hydrogen) atoms. The van der Waals surface area contributed by atoms with Crippen LogP contribution in [0.3, 0.4) is 0 Å². The molecule has 0 aliphatic rings. The first-order valence-electron chi connectivity index (χ1n) is 6.43. The van der Waals surface area contributed by atoms with Crippen molar-refractivity contribution in [1.82, 2.24) is 0 Å². The zero-order valence-corrected chi connectivity index (χ0v) is 12.0. The minimum absolute atomic E-state index is 0.0963. The predicted molar refractivity (Wildman–Crippen MR) is 74.7 cm³/mol. The maximum Gasteiger partial charge on any atom is 0.313 e. The van der Waals surface area contributed by atoms with Gasteiger partial charge in [0.25, 0.3) is 0 Å². The molecule has 0 aromatic heterocycles. The molecule has 0 spiro atoms. The van der Waals surface area contributed by atoms with Crippen LogP contribution in [0.1, 0.15) is 50.8 Å². The van der Waals surface area contributed by atoms with Crippen molar-refractivity contribution in [3.05, 3.63) is 35.4 Å². The molecule has 4 nitrogen and oxygen atoms in total. The Kier molecular flexibility index (Phi) is 5.09. The number of rotatable bonds is 4. The van der Waals surface area contributed by atoms with Crippen LogP contribution in [-0.2, 0) is 9.53 Å². The number of carbonyl (C=O) groups excluding carboxylic acids is 1. The van der Waals surface area contributed by atoms with Crippen LogP contribution in [0.25, 0.3) is 0 Å². The van der Waals surface area contributed by atoms with E-state index in [0.717, 1.165) is 11.1 Å². The summed E-state index contributed by atoms with van der Waals surface area (Å²) in [7, 11) is 0. The van der Waals surface area contributed by atoms with Gasteiger partial charge in [-0.2, -0.15) is 0 Å². The highest BCUT2D eigenvalue weighted by Gasteiger charge is 2.22. The van der Waals surface area contributed by atoms with E-state index in [2.05, 4.69) is 0 Å². The summed E-state index contributed by atoms with van der Waals surface area (Å²) in [6.45, 7) is 7.26. The number of hydrogen-bond donors (Lipinski definition) is 2. The van der Waals surface area contributed by atoms with Gasteiger partial charge in [-0.05, 0) is 38.8 Å². The number of aliphatic hydroxyl groups excluding tert-OH is 1. The molecule has 0 saturated carbocycles. The monoisotopic (exact) mass is 265 g/mol. The molecule has 0 fully saturated rings. The zero-order valence-electron chi connectivity index (χ0n) is 12.0. The maximum absolute atomic E-state index is 11.9. The summed E-state index contributed by atoms with van der Waals surface area (Å²) in [6.07, 6.45) is 0. The molecule has 0 heterocycles. The normalized spacial score (nSPS) is 14.8. The van der Waals surface area contributed by atoms with Crippen molar-refractivity contribution in [1.29, 1.82) is 0 Å². The summed E-state index contributed by atoms with van der Waals surface area (Å²) in [5, 5.41) is 8.98. The Balaban J connectivity index is 2.78. The van der Waals surface area contributed by atoms with E-state index in [9.17, 15) is 4.79 Å². The first-order valence-corrected chi connectivity index (χ1v) is 6.43. The lowest BCUT2D eigenvalue weighted by atomic mass is 9.98. The van der Waals surface area contributed by atoms with Gasteiger partial charge in [-0.25, -0.2) is 0 Å². The number of carbonyl (C=O) groups is 1. The molecular formula is C15H23NO3. The fourth-order valence-electron chi connectivity index (χ4n) is 1.66. The molecule has 0 bridgehead atoms. The molecule has 1 aromatic rings. The van der Waals surface area contributed by atoms with Gasteiger partial charge in [0, 0.05) is 0 Å². The third-order valence-corrected chi connectivity index (χ3v) is 2.82. The Morgan fingerprint density at radius 3 is 2.16 bits per heavy atom. The highest BCUT2D eigenvalue weighted by Crippen LogP contribution is 2.21. The summed E-state index contributed by atoms with van der Waals surface area (Å²) < 4.78 is 5.35. The molecule has 106 valence electrons. The van der Waals surface area contributed by atoms with Gasteiger partial charge in [0.05, 0.1) is 18.6 Å². The Hall–Kier alpha value is -1.39. The van der Waals surface area contributed by atoms with Crippen LogP contribution >= 0.6 is 0 Å². The SMILES string of the molecule is C[C@@H](C(=O)OC(C)(C)C)c1ccc(C(N)CO)cc1. The van der Waals surface area contributed by atoms with Crippen molar-refractivity contribution in [2.24, 2.45) is 5.73 Å². The molecule has 3 N–H and O–H groups in total. The Bertz CT molecular complexity index is 420. The van der Waals surface area contributed by atoms with Crippen LogP contribution in [0.15, 0.2) is 24.3 Å². The van der Waals surface area contributed by atoms with Crippen LogP contribution in [0.5, 0.6) is 0 Å². The largest absolute Gasteiger partial charge is 0.460 e. The molecule has 1 aromatic carbocycles. The first kappa shape index (κ1) is 15.7. The minimum Gasteiger partial charge on any atom is -0.460 e. The van der Waals surface area contributed by atoms with Gasteiger partial charge in [-0.3, -0.25) is 4.79 Å². The number of aliphatic hydroxyl groups is 1. The van der Waals surface area contributed by atoms with Gasteiger partial charge in [-0.1, -0.05) is 24.3 Å². The van der Waals surface area contributed by atoms with Crippen molar-refractivity contribution in [3.8, 4) is 0 Å². The van der Waals surface area contributed by atoms with Crippen molar-refractivity contribution in [2.45, 2.75) is 45.3 Å². The average molecular weight is 265 g/mol. The second-order valence-corrected chi connectivity index (χ2v) is 5.71. The van der Waals surface area contributed by atoms with Crippen LogP contribution in [0.4, 0.5) is 0 Å². The fraction of sp³-hybridized carbons (Fsp3) is 0.533. The topological polar surface area (TPSA) is 72.5 Å². The predicted octanol–water partition coefficient (Wildman–Crippen LogP) is 2.12. The average Bonchev–Trinajstić information content (AvgIpc) is 2.35. The lowest BCUT2D eigenvalue weighted by Crippen LogP contribution is -2.26. The third kappa shape index (κ3) is 4.65. The highest BCUT2D eigenvalue weighted by atomic mass is 16.6. The third-order valence-electron chi connectivity index (χ3n) is 2.82. The quantitative estimate of drug-likeness (QED) is 0.818. The zero-order chi connectivity index (χ0) is 14.6. The summed E-state index contributed by atoms with van der Waals surface area (Å²) in [4.78, 5) is 11.9. The van der Waals surface area contributed by atoms with E-state index in [1.807, 2.05) is 52.0 Å². The van der Waals surface area contributed by atoms with Gasteiger partial charge in [0.1, 0.15) is 5.60 Å². The molecular weight excluding hydrogens is 242 g/mol. The van der Waals surface area contributed by atoms with Crippen LogP contribution < -0.4 is 5.73 Å². The number of benzene rings is 1. The van der Waals surface area contributed by atoms with Crippen molar-refractivity contribution < 1.29 is 14.6 Å². The van der Waals surface area contributed by atoms with Gasteiger partial charge >= 0.3 is 5.97 Å². The number of esters is 1. The summed E-state index contributed by atoms with van der Waals surface area (Å²) in [5.41, 5.74) is 6.97. The van der Waals surface area contributed by atoms with Gasteiger partial charge in [0.2, 0.25) is 0 Å². The number of ether oxygens (including phenoxy) is 1. The molecule has 4 heteroatoms. The van der Waals surface area contributed by atoms with E-state index in [0.29, 0.717) is 0 Å². The minimum atomic E-state index is -0.482. The van der Waals surface area contributed by atoms with E-state index in [1.54, 1.807) is 0 Å². The van der Waals surface area contributed by atoms with Crippen molar-refractivity contribution >= 4 is 5.97 Å². The fourth-order valence-corrected chi connectivity index (χ4v) is 1.66. The molecule has 1 unspecified atom stereocenters. The van der Waals surface area contributed by atoms with Gasteiger partial charge in [0.15, 0.2) is 0 Å². The summed E-state index contributed by atoms with van der Waals surface area (Å²) in [5.74, 6) is -0.565. The standard InChI is InChI=1S/C15H23NO3/c1-10(14(18)19-15(2,3)4)11-5-7-12(8-6-11)13(16)9-17/h5-8,10,13,17H,9,16H2,1-4H3/t10-,13?/m1/s1. The lowest BCUT2D eigenvalue weighted by molar-refractivity contribution is -0.156. The Morgan fingerprint density at radius 2 is 1.74 bits per heavy atom. The number of nitrogens with two attached hydrogens (primary N) is 1. The van der Waals surface area contributed by atoms with E-state index in [1.165, 1.54) is 0 Å². The van der Waals surface area contributed by atoms with E-state index in [-0.39, 0.29) is 24.5 Å². The second-order valence-electron chi connectivity index (χ2n) is 5.71. The molecule has 1 rings (SSSR count). The van der Waals surface area contributed by atoms with Crippen LogP contribution in [0.2, 0.25) is 0 Å². The highest BCUT2D eigenvalue weighted by molar-refractivity contribution is 5.78. The molecule has 0 saturated heterocycles. The number of hydrogen-bond acceptors (Lipinski definition) is 4. The molecule has 0 radical (unpaired) electrons. The van der Waals surface area contributed by atoms with E-state index < -0.39 is 5.60 Å². The summed E-state index contributed by atoms with van der Waals surface area (Å²) in [6, 6.07) is 6.97. The van der Waals surface area contributed by atoms with Crippen LogP contribution in [-0.4, -0.2) is 23.3 Å². The Morgan fingerprint density at radius 1 is 1.26 bits per heavy atom. The lowest BCUT2D eigenvalue weighted by Gasteiger charge is -2.22. The molecule has 0 aliphatic carbocycles. The maximum atomic E-state index is 11.9. The van der Waals surface area contributed by atoms with Gasteiger partial charge in [-0.15, -0.1) is 0 Å². The molecule has 2 atom stereocenters. The smallest absolute Gasteiger partial charge is 0.313 e.